The van der Waals surface area contributed by atoms with Gasteiger partial charge in [0.15, 0.2) is 0 Å². The Morgan fingerprint density at radius 1 is 1.32 bits per heavy atom. The summed E-state index contributed by atoms with van der Waals surface area (Å²) in [5.74, 6) is 0.593. The number of hydrogen-bond donors (Lipinski definition) is 1. The number of benzene rings is 1. The van der Waals surface area contributed by atoms with Crippen LogP contribution in [0, 0.1) is 19.8 Å². The van der Waals surface area contributed by atoms with E-state index >= 15 is 0 Å². The maximum Gasteiger partial charge on any atom is 0.242 e. The molecular weight excluding hydrogens is 272 g/mol. The lowest BCUT2D eigenvalue weighted by Gasteiger charge is -2.39. The average molecular weight is 302 g/mol. The summed E-state index contributed by atoms with van der Waals surface area (Å²) in [6.07, 6.45) is 4.70. The molecule has 1 aliphatic rings. The molecule has 0 aromatic heterocycles. The molecule has 1 N–H and O–H groups in total. The SMILES string of the molecule is CCCCN1CCC[C@@H](C)C1C(=O)Nc1c(C)cccc1C. The third kappa shape index (κ3) is 3.89. The van der Waals surface area contributed by atoms with Gasteiger partial charge in [-0.2, -0.15) is 0 Å². The van der Waals surface area contributed by atoms with E-state index in [1.54, 1.807) is 0 Å². The fourth-order valence-corrected chi connectivity index (χ4v) is 3.52. The summed E-state index contributed by atoms with van der Waals surface area (Å²) in [5, 5.41) is 3.20. The van der Waals surface area contributed by atoms with Gasteiger partial charge in [-0.3, -0.25) is 9.69 Å². The number of aryl methyl sites for hydroxylation is 2. The zero-order chi connectivity index (χ0) is 16.1. The number of carbonyl (C=O) groups excluding carboxylic acids is 1. The molecule has 1 saturated heterocycles. The molecule has 0 bridgehead atoms. The van der Waals surface area contributed by atoms with Gasteiger partial charge in [-0.25, -0.2) is 0 Å². The molecule has 1 amide bonds. The van der Waals surface area contributed by atoms with Crippen LogP contribution >= 0.6 is 0 Å². The van der Waals surface area contributed by atoms with E-state index in [0.717, 1.165) is 36.3 Å². The molecular formula is C19H30N2O. The highest BCUT2D eigenvalue weighted by Gasteiger charge is 2.34. The molecule has 2 rings (SSSR count). The molecule has 1 unspecified atom stereocenters. The molecule has 1 aromatic carbocycles. The molecule has 1 heterocycles. The van der Waals surface area contributed by atoms with Crippen LogP contribution in [0.1, 0.15) is 50.7 Å². The predicted octanol–water partition coefficient (Wildman–Crippen LogP) is 4.14. The van der Waals surface area contributed by atoms with Gasteiger partial charge in [-0.1, -0.05) is 38.5 Å². The van der Waals surface area contributed by atoms with Crippen LogP contribution in [0.3, 0.4) is 0 Å². The van der Waals surface area contributed by atoms with Crippen molar-refractivity contribution >= 4 is 11.6 Å². The molecule has 1 aliphatic heterocycles. The lowest BCUT2D eigenvalue weighted by Crippen LogP contribution is -2.51. The molecule has 1 aromatic rings. The molecule has 3 nitrogen and oxygen atoms in total. The van der Waals surface area contributed by atoms with Crippen LogP contribution < -0.4 is 5.32 Å². The van der Waals surface area contributed by atoms with Crippen LogP contribution in [0.15, 0.2) is 18.2 Å². The highest BCUT2D eigenvalue weighted by Crippen LogP contribution is 2.26. The number of carbonyl (C=O) groups is 1. The molecule has 1 fully saturated rings. The first-order valence-electron chi connectivity index (χ1n) is 8.65. The summed E-state index contributed by atoms with van der Waals surface area (Å²) < 4.78 is 0. The Morgan fingerprint density at radius 3 is 2.64 bits per heavy atom. The standard InChI is InChI=1S/C19H30N2O/c1-5-6-12-21-13-8-11-16(4)18(21)19(22)20-17-14(2)9-7-10-15(17)3/h7,9-10,16,18H,5-6,8,11-13H2,1-4H3,(H,20,22)/t16-,18?/m1/s1. The third-order valence-electron chi connectivity index (χ3n) is 4.83. The summed E-state index contributed by atoms with van der Waals surface area (Å²) >= 11 is 0. The lowest BCUT2D eigenvalue weighted by atomic mass is 9.89. The van der Waals surface area contributed by atoms with Crippen molar-refractivity contribution in [2.45, 2.75) is 59.4 Å². The number of unbranched alkanes of at least 4 members (excludes halogenated alkanes) is 1. The number of para-hydroxylation sites is 1. The summed E-state index contributed by atoms with van der Waals surface area (Å²) in [7, 11) is 0. The second-order valence-electron chi connectivity index (χ2n) is 6.71. The normalized spacial score (nSPS) is 22.5. The van der Waals surface area contributed by atoms with Gasteiger partial charge in [0.2, 0.25) is 5.91 Å². The quantitative estimate of drug-likeness (QED) is 0.886. The third-order valence-corrected chi connectivity index (χ3v) is 4.83. The molecule has 2 atom stereocenters. The van der Waals surface area contributed by atoms with Crippen molar-refractivity contribution in [3.8, 4) is 0 Å². The second kappa shape index (κ2) is 7.77. The zero-order valence-corrected chi connectivity index (χ0v) is 14.5. The fourth-order valence-electron chi connectivity index (χ4n) is 3.52. The Hall–Kier alpha value is -1.35. The number of hydrogen-bond acceptors (Lipinski definition) is 2. The first-order chi connectivity index (χ1) is 10.5. The summed E-state index contributed by atoms with van der Waals surface area (Å²) in [5.41, 5.74) is 3.26. The largest absolute Gasteiger partial charge is 0.324 e. The van der Waals surface area contributed by atoms with Gasteiger partial charge in [0.25, 0.3) is 0 Å². The molecule has 22 heavy (non-hydrogen) atoms. The maximum absolute atomic E-state index is 12.9. The second-order valence-corrected chi connectivity index (χ2v) is 6.71. The molecule has 0 aliphatic carbocycles. The van der Waals surface area contributed by atoms with Gasteiger partial charge in [0, 0.05) is 5.69 Å². The van der Waals surface area contributed by atoms with E-state index in [4.69, 9.17) is 0 Å². The molecule has 122 valence electrons. The van der Waals surface area contributed by atoms with Crippen LogP contribution in [-0.4, -0.2) is 29.9 Å². The Morgan fingerprint density at radius 2 is 2.00 bits per heavy atom. The summed E-state index contributed by atoms with van der Waals surface area (Å²) in [4.78, 5) is 15.3. The van der Waals surface area contributed by atoms with Crippen molar-refractivity contribution in [3.63, 3.8) is 0 Å². The minimum Gasteiger partial charge on any atom is -0.324 e. The van der Waals surface area contributed by atoms with E-state index in [1.165, 1.54) is 19.3 Å². The highest BCUT2D eigenvalue weighted by atomic mass is 16.2. The lowest BCUT2D eigenvalue weighted by molar-refractivity contribution is -0.124. The van der Waals surface area contributed by atoms with Crippen molar-refractivity contribution in [2.75, 3.05) is 18.4 Å². The number of rotatable bonds is 5. The molecule has 0 radical (unpaired) electrons. The van der Waals surface area contributed by atoms with Gasteiger partial charge in [0.1, 0.15) is 0 Å². The van der Waals surface area contributed by atoms with E-state index in [0.29, 0.717) is 5.92 Å². The number of piperidine rings is 1. The fraction of sp³-hybridized carbons (Fsp3) is 0.632. The topological polar surface area (TPSA) is 32.3 Å². The van der Waals surface area contributed by atoms with Crippen LogP contribution in [0.4, 0.5) is 5.69 Å². The predicted molar refractivity (Wildman–Crippen MR) is 93.2 cm³/mol. The van der Waals surface area contributed by atoms with E-state index in [9.17, 15) is 4.79 Å². The Bertz CT molecular complexity index is 492. The van der Waals surface area contributed by atoms with Gasteiger partial charge < -0.3 is 5.32 Å². The van der Waals surface area contributed by atoms with Crippen molar-refractivity contribution in [2.24, 2.45) is 5.92 Å². The van der Waals surface area contributed by atoms with Crippen molar-refractivity contribution < 1.29 is 4.79 Å². The zero-order valence-electron chi connectivity index (χ0n) is 14.5. The minimum atomic E-state index is 0.0132. The first kappa shape index (κ1) is 17.0. The van der Waals surface area contributed by atoms with Crippen LogP contribution in [0.5, 0.6) is 0 Å². The monoisotopic (exact) mass is 302 g/mol. The van der Waals surface area contributed by atoms with Crippen LogP contribution in [-0.2, 0) is 4.79 Å². The molecule has 3 heteroatoms. The highest BCUT2D eigenvalue weighted by molar-refractivity contribution is 5.96. The summed E-state index contributed by atoms with van der Waals surface area (Å²) in [6.45, 7) is 10.6. The minimum absolute atomic E-state index is 0.0132. The smallest absolute Gasteiger partial charge is 0.242 e. The maximum atomic E-state index is 12.9. The Kier molecular flexibility index (Phi) is 6.01. The van der Waals surface area contributed by atoms with Crippen LogP contribution in [0.25, 0.3) is 0 Å². The molecule has 0 saturated carbocycles. The van der Waals surface area contributed by atoms with Crippen molar-refractivity contribution in [3.05, 3.63) is 29.3 Å². The Labute approximate surface area is 135 Å². The van der Waals surface area contributed by atoms with E-state index in [-0.39, 0.29) is 11.9 Å². The van der Waals surface area contributed by atoms with Crippen LogP contribution in [0.2, 0.25) is 0 Å². The number of nitrogens with one attached hydrogen (secondary N) is 1. The number of likely N-dealkylation sites (tertiary alicyclic amines) is 1. The average Bonchev–Trinajstić information content (AvgIpc) is 2.48. The number of anilines is 1. The van der Waals surface area contributed by atoms with E-state index < -0.39 is 0 Å². The number of amides is 1. The number of nitrogens with zero attached hydrogens (tertiary/aromatic N) is 1. The van der Waals surface area contributed by atoms with Crippen molar-refractivity contribution in [1.82, 2.24) is 4.90 Å². The van der Waals surface area contributed by atoms with E-state index in [2.05, 4.69) is 50.0 Å². The van der Waals surface area contributed by atoms with Gasteiger partial charge in [0.05, 0.1) is 6.04 Å². The Balaban J connectivity index is 2.14. The first-order valence-corrected chi connectivity index (χ1v) is 8.65. The summed E-state index contributed by atoms with van der Waals surface area (Å²) in [6, 6.07) is 6.17. The van der Waals surface area contributed by atoms with Crippen molar-refractivity contribution in [1.29, 1.82) is 0 Å². The van der Waals surface area contributed by atoms with Gasteiger partial charge >= 0.3 is 0 Å². The van der Waals surface area contributed by atoms with E-state index in [1.807, 2.05) is 6.07 Å². The van der Waals surface area contributed by atoms with Gasteiger partial charge in [-0.15, -0.1) is 0 Å². The van der Waals surface area contributed by atoms with Gasteiger partial charge in [-0.05, 0) is 63.2 Å². The molecule has 0 spiro atoms.